The molecule has 2 fully saturated rings. The zero-order chi connectivity index (χ0) is 10.0. The molecule has 1 atom stereocenters. The average Bonchev–Trinajstić information content (AvgIpc) is 2.99. The van der Waals surface area contributed by atoms with Crippen LogP contribution >= 0.6 is 0 Å². The third kappa shape index (κ3) is 1.95. The molecule has 0 amide bonds. The van der Waals surface area contributed by atoms with Crippen LogP contribution in [0.15, 0.2) is 0 Å². The first-order valence-corrected chi connectivity index (χ1v) is 5.75. The number of likely N-dealkylation sites (tertiary alicyclic amines) is 1. The summed E-state index contributed by atoms with van der Waals surface area (Å²) >= 11 is 0. The summed E-state index contributed by atoms with van der Waals surface area (Å²) in [6.45, 7) is 4.20. The van der Waals surface area contributed by atoms with Crippen molar-refractivity contribution in [2.24, 2.45) is 11.7 Å². The van der Waals surface area contributed by atoms with Gasteiger partial charge in [0, 0.05) is 25.7 Å². The molecule has 1 aliphatic heterocycles. The van der Waals surface area contributed by atoms with Gasteiger partial charge >= 0.3 is 0 Å². The van der Waals surface area contributed by atoms with Crippen LogP contribution in [-0.2, 0) is 4.74 Å². The average molecular weight is 198 g/mol. The molecule has 1 aliphatic carbocycles. The first-order valence-electron chi connectivity index (χ1n) is 5.75. The van der Waals surface area contributed by atoms with Gasteiger partial charge in [-0.2, -0.15) is 0 Å². The van der Waals surface area contributed by atoms with E-state index in [9.17, 15) is 0 Å². The lowest BCUT2D eigenvalue weighted by Crippen LogP contribution is -2.48. The van der Waals surface area contributed by atoms with Crippen molar-refractivity contribution in [3.63, 3.8) is 0 Å². The largest absolute Gasteiger partial charge is 0.384 e. The van der Waals surface area contributed by atoms with Gasteiger partial charge in [0.25, 0.3) is 0 Å². The van der Waals surface area contributed by atoms with Crippen LogP contribution in [0, 0.1) is 5.92 Å². The Bertz CT molecular complexity index is 190. The van der Waals surface area contributed by atoms with Crippen LogP contribution in [0.25, 0.3) is 0 Å². The minimum atomic E-state index is 0.395. The smallest absolute Gasteiger partial charge is 0.0502 e. The van der Waals surface area contributed by atoms with E-state index < -0.39 is 0 Å². The summed E-state index contributed by atoms with van der Waals surface area (Å²) in [6.07, 6.45) is 5.26. The fourth-order valence-electron chi connectivity index (χ4n) is 2.66. The number of nitrogens with two attached hydrogens (primary N) is 1. The van der Waals surface area contributed by atoms with Crippen molar-refractivity contribution in [3.05, 3.63) is 0 Å². The molecule has 82 valence electrons. The van der Waals surface area contributed by atoms with E-state index in [4.69, 9.17) is 10.5 Å². The van der Waals surface area contributed by atoms with E-state index in [1.165, 1.54) is 38.8 Å². The van der Waals surface area contributed by atoms with E-state index in [1.807, 2.05) is 0 Å². The lowest BCUT2D eigenvalue weighted by molar-refractivity contribution is 0.0624. The van der Waals surface area contributed by atoms with Crippen LogP contribution in [0.4, 0.5) is 0 Å². The van der Waals surface area contributed by atoms with Crippen LogP contribution in [-0.4, -0.2) is 43.8 Å². The highest BCUT2D eigenvalue weighted by atomic mass is 16.5. The molecule has 2 aliphatic rings. The predicted molar refractivity (Wildman–Crippen MR) is 57.2 cm³/mol. The quantitative estimate of drug-likeness (QED) is 0.727. The summed E-state index contributed by atoms with van der Waals surface area (Å²) in [4.78, 5) is 2.61. The lowest BCUT2D eigenvalue weighted by Gasteiger charge is -2.38. The molecule has 3 nitrogen and oxygen atoms in total. The van der Waals surface area contributed by atoms with E-state index in [2.05, 4.69) is 4.90 Å². The topological polar surface area (TPSA) is 38.5 Å². The highest BCUT2D eigenvalue weighted by Crippen LogP contribution is 2.42. The third-order valence-corrected chi connectivity index (χ3v) is 3.80. The SMILES string of the molecule is COCC1CCCN(C2(CN)CC2)C1. The summed E-state index contributed by atoms with van der Waals surface area (Å²) in [5.74, 6) is 0.734. The molecule has 3 heteroatoms. The normalized spacial score (nSPS) is 31.7. The van der Waals surface area contributed by atoms with Gasteiger partial charge in [-0.15, -0.1) is 0 Å². The number of ether oxygens (including phenoxy) is 1. The summed E-state index contributed by atoms with van der Waals surface area (Å²) in [5, 5.41) is 0. The van der Waals surface area contributed by atoms with Crippen LogP contribution in [0.3, 0.4) is 0 Å². The number of hydrogen-bond acceptors (Lipinski definition) is 3. The molecule has 1 unspecified atom stereocenters. The van der Waals surface area contributed by atoms with Gasteiger partial charge in [0.2, 0.25) is 0 Å². The van der Waals surface area contributed by atoms with Crippen molar-refractivity contribution in [1.29, 1.82) is 0 Å². The van der Waals surface area contributed by atoms with Gasteiger partial charge in [-0.1, -0.05) is 0 Å². The third-order valence-electron chi connectivity index (χ3n) is 3.80. The highest BCUT2D eigenvalue weighted by Gasteiger charge is 2.47. The van der Waals surface area contributed by atoms with Gasteiger partial charge in [0.15, 0.2) is 0 Å². The monoisotopic (exact) mass is 198 g/mol. The summed E-state index contributed by atoms with van der Waals surface area (Å²) in [6, 6.07) is 0. The number of rotatable bonds is 4. The van der Waals surface area contributed by atoms with Crippen molar-refractivity contribution in [1.82, 2.24) is 4.90 Å². The standard InChI is InChI=1S/C11H22N2O/c1-14-8-10-3-2-6-13(7-10)11(9-12)4-5-11/h10H,2-9,12H2,1H3. The molecule has 1 saturated heterocycles. The van der Waals surface area contributed by atoms with Gasteiger partial charge in [0.1, 0.15) is 0 Å². The highest BCUT2D eigenvalue weighted by molar-refractivity contribution is 5.05. The molecule has 2 N–H and O–H groups in total. The second-order valence-electron chi connectivity index (χ2n) is 4.84. The fraction of sp³-hybridized carbons (Fsp3) is 1.00. The van der Waals surface area contributed by atoms with E-state index in [0.717, 1.165) is 19.1 Å². The molecular formula is C11H22N2O. The second-order valence-corrected chi connectivity index (χ2v) is 4.84. The number of hydrogen-bond donors (Lipinski definition) is 1. The Hall–Kier alpha value is -0.120. The Kier molecular flexibility index (Phi) is 3.10. The summed E-state index contributed by atoms with van der Waals surface area (Å²) in [7, 11) is 1.80. The van der Waals surface area contributed by atoms with Crippen molar-refractivity contribution >= 4 is 0 Å². The second kappa shape index (κ2) is 4.17. The molecule has 0 spiro atoms. The van der Waals surface area contributed by atoms with Gasteiger partial charge < -0.3 is 10.5 Å². The Morgan fingerprint density at radius 2 is 2.29 bits per heavy atom. The van der Waals surface area contributed by atoms with Crippen LogP contribution in [0.2, 0.25) is 0 Å². The van der Waals surface area contributed by atoms with E-state index in [-0.39, 0.29) is 0 Å². The maximum Gasteiger partial charge on any atom is 0.0502 e. The minimum Gasteiger partial charge on any atom is -0.384 e. The fourth-order valence-corrected chi connectivity index (χ4v) is 2.66. The van der Waals surface area contributed by atoms with Gasteiger partial charge in [0.05, 0.1) is 6.61 Å². The molecule has 14 heavy (non-hydrogen) atoms. The Morgan fingerprint density at radius 3 is 2.86 bits per heavy atom. The predicted octanol–water partition coefficient (Wildman–Crippen LogP) is 0.836. The molecule has 1 saturated carbocycles. The first kappa shape index (κ1) is 10.4. The first-order chi connectivity index (χ1) is 6.80. The lowest BCUT2D eigenvalue weighted by atomic mass is 9.97. The molecule has 0 bridgehead atoms. The number of nitrogens with zero attached hydrogens (tertiary/aromatic N) is 1. The summed E-state index contributed by atoms with van der Waals surface area (Å²) in [5.41, 5.74) is 6.24. The number of piperidine rings is 1. The molecule has 1 heterocycles. The van der Waals surface area contributed by atoms with Gasteiger partial charge in [-0.3, -0.25) is 4.90 Å². The molecule has 0 aromatic heterocycles. The van der Waals surface area contributed by atoms with Crippen molar-refractivity contribution < 1.29 is 4.74 Å². The minimum absolute atomic E-state index is 0.395. The molecule has 0 aromatic rings. The van der Waals surface area contributed by atoms with Crippen molar-refractivity contribution in [3.8, 4) is 0 Å². The van der Waals surface area contributed by atoms with E-state index in [1.54, 1.807) is 7.11 Å². The van der Waals surface area contributed by atoms with Crippen LogP contribution in [0.5, 0.6) is 0 Å². The molecule has 2 rings (SSSR count). The van der Waals surface area contributed by atoms with Gasteiger partial charge in [-0.25, -0.2) is 0 Å². The van der Waals surface area contributed by atoms with E-state index in [0.29, 0.717) is 5.54 Å². The zero-order valence-corrected chi connectivity index (χ0v) is 9.17. The maximum atomic E-state index is 5.85. The zero-order valence-electron chi connectivity index (χ0n) is 9.17. The number of methoxy groups -OCH3 is 1. The van der Waals surface area contributed by atoms with Crippen molar-refractivity contribution in [2.75, 3.05) is 33.4 Å². The molecular weight excluding hydrogens is 176 g/mol. The molecule has 0 radical (unpaired) electrons. The molecule has 0 aromatic carbocycles. The van der Waals surface area contributed by atoms with Gasteiger partial charge in [-0.05, 0) is 38.1 Å². The van der Waals surface area contributed by atoms with E-state index >= 15 is 0 Å². The Labute approximate surface area is 86.6 Å². The Balaban J connectivity index is 1.87. The maximum absolute atomic E-state index is 5.85. The van der Waals surface area contributed by atoms with Crippen molar-refractivity contribution in [2.45, 2.75) is 31.2 Å². The van der Waals surface area contributed by atoms with Crippen LogP contribution in [0.1, 0.15) is 25.7 Å². The Morgan fingerprint density at radius 1 is 1.50 bits per heavy atom. The van der Waals surface area contributed by atoms with Crippen LogP contribution < -0.4 is 5.73 Å². The summed E-state index contributed by atoms with van der Waals surface area (Å²) < 4.78 is 5.24.